The van der Waals surface area contributed by atoms with E-state index < -0.39 is 0 Å². The normalized spacial score (nSPS) is 11.1. The number of benzene rings is 2. The fourth-order valence-corrected chi connectivity index (χ4v) is 2.62. The summed E-state index contributed by atoms with van der Waals surface area (Å²) >= 11 is 6.60. The molecule has 3 aromatic rings. The molecule has 0 unspecified atom stereocenters. The molecule has 1 aromatic heterocycles. The minimum Gasteiger partial charge on any atom is -0.399 e. The van der Waals surface area contributed by atoms with E-state index in [1.807, 2.05) is 12.1 Å². The highest BCUT2D eigenvalue weighted by atomic mass is 79.9. The van der Waals surface area contributed by atoms with Crippen molar-refractivity contribution in [2.45, 2.75) is 0 Å². The molecule has 96 valence electrons. The molecule has 0 fully saturated rings. The van der Waals surface area contributed by atoms with Crippen LogP contribution in [0.4, 0.5) is 10.1 Å². The standard InChI is InChI=1S/C13H8Br2FN3/c14-8-2-1-6(17)3-7(8)13-18-11-4-9(15)10(16)5-12(11)19-13/h1-5H,17H2,(H,18,19). The summed E-state index contributed by atoms with van der Waals surface area (Å²) in [6.45, 7) is 0. The summed E-state index contributed by atoms with van der Waals surface area (Å²) in [5, 5.41) is 0. The van der Waals surface area contributed by atoms with E-state index in [2.05, 4.69) is 41.8 Å². The van der Waals surface area contributed by atoms with Crippen LogP contribution >= 0.6 is 31.9 Å². The second-order valence-corrected chi connectivity index (χ2v) is 5.82. The molecule has 0 amide bonds. The second-order valence-electron chi connectivity index (χ2n) is 4.11. The van der Waals surface area contributed by atoms with Gasteiger partial charge in [-0.05, 0) is 40.2 Å². The summed E-state index contributed by atoms with van der Waals surface area (Å²) in [4.78, 5) is 7.54. The fraction of sp³-hybridized carbons (Fsp3) is 0. The van der Waals surface area contributed by atoms with Crippen molar-refractivity contribution < 1.29 is 4.39 Å². The molecule has 0 aliphatic heterocycles. The number of aromatic amines is 1. The van der Waals surface area contributed by atoms with Crippen LogP contribution in [0.5, 0.6) is 0 Å². The zero-order chi connectivity index (χ0) is 13.6. The molecular weight excluding hydrogens is 377 g/mol. The molecule has 3 nitrogen and oxygen atoms in total. The Labute approximate surface area is 125 Å². The summed E-state index contributed by atoms with van der Waals surface area (Å²) in [6, 6.07) is 8.52. The molecule has 3 N–H and O–H groups in total. The number of nitrogens with two attached hydrogens (primary N) is 1. The van der Waals surface area contributed by atoms with Crippen LogP contribution in [0, 0.1) is 5.82 Å². The van der Waals surface area contributed by atoms with Crippen molar-refractivity contribution in [1.82, 2.24) is 9.97 Å². The van der Waals surface area contributed by atoms with Crippen molar-refractivity contribution in [2.75, 3.05) is 5.73 Å². The molecule has 0 aliphatic carbocycles. The highest BCUT2D eigenvalue weighted by Gasteiger charge is 2.11. The highest BCUT2D eigenvalue weighted by molar-refractivity contribution is 9.10. The van der Waals surface area contributed by atoms with Gasteiger partial charge >= 0.3 is 0 Å². The predicted molar refractivity (Wildman–Crippen MR) is 81.3 cm³/mol. The van der Waals surface area contributed by atoms with E-state index in [1.165, 1.54) is 6.07 Å². The molecule has 1 heterocycles. The van der Waals surface area contributed by atoms with E-state index >= 15 is 0 Å². The topological polar surface area (TPSA) is 54.7 Å². The molecule has 6 heteroatoms. The Hall–Kier alpha value is -1.40. The van der Waals surface area contributed by atoms with Gasteiger partial charge in [0.05, 0.1) is 15.5 Å². The largest absolute Gasteiger partial charge is 0.399 e. The first kappa shape index (κ1) is 12.6. The first-order valence-corrected chi connectivity index (χ1v) is 7.03. The quantitative estimate of drug-likeness (QED) is 0.608. The molecule has 0 aliphatic rings. The van der Waals surface area contributed by atoms with Crippen LogP contribution < -0.4 is 5.73 Å². The third-order valence-corrected chi connectivity index (χ3v) is 4.07. The van der Waals surface area contributed by atoms with Gasteiger partial charge < -0.3 is 10.7 Å². The molecular formula is C13H8Br2FN3. The number of rotatable bonds is 1. The van der Waals surface area contributed by atoms with Crippen molar-refractivity contribution >= 4 is 48.6 Å². The minimum atomic E-state index is -0.325. The van der Waals surface area contributed by atoms with Gasteiger partial charge in [-0.25, -0.2) is 9.37 Å². The van der Waals surface area contributed by atoms with Gasteiger partial charge in [0.15, 0.2) is 0 Å². The van der Waals surface area contributed by atoms with Crippen LogP contribution in [0.1, 0.15) is 0 Å². The number of nitrogen functional groups attached to an aromatic ring is 1. The maximum Gasteiger partial charge on any atom is 0.139 e. The molecule has 2 aromatic carbocycles. The number of nitrogens with one attached hydrogen (secondary N) is 1. The van der Waals surface area contributed by atoms with E-state index in [4.69, 9.17) is 5.73 Å². The second kappa shape index (κ2) is 4.61. The molecule has 0 bridgehead atoms. The Balaban J connectivity index is 2.23. The number of aromatic nitrogens is 2. The number of hydrogen-bond donors (Lipinski definition) is 2. The van der Waals surface area contributed by atoms with Crippen molar-refractivity contribution in [3.05, 3.63) is 45.1 Å². The van der Waals surface area contributed by atoms with Gasteiger partial charge in [0.1, 0.15) is 11.6 Å². The van der Waals surface area contributed by atoms with Gasteiger partial charge in [-0.3, -0.25) is 0 Å². The average molecular weight is 385 g/mol. The zero-order valence-electron chi connectivity index (χ0n) is 9.55. The lowest BCUT2D eigenvalue weighted by atomic mass is 10.2. The number of H-pyrrole nitrogens is 1. The van der Waals surface area contributed by atoms with Crippen LogP contribution in [0.25, 0.3) is 22.4 Å². The third-order valence-electron chi connectivity index (χ3n) is 2.77. The van der Waals surface area contributed by atoms with Crippen molar-refractivity contribution in [1.29, 1.82) is 0 Å². The number of hydrogen-bond acceptors (Lipinski definition) is 2. The number of nitrogens with zero attached hydrogens (tertiary/aromatic N) is 1. The van der Waals surface area contributed by atoms with Gasteiger partial charge in [-0.15, -0.1) is 0 Å². The Bertz CT molecular complexity index is 744. The Morgan fingerprint density at radius 3 is 2.68 bits per heavy atom. The summed E-state index contributed by atoms with van der Waals surface area (Å²) in [6.07, 6.45) is 0. The smallest absolute Gasteiger partial charge is 0.139 e. The minimum absolute atomic E-state index is 0.325. The van der Waals surface area contributed by atoms with E-state index in [0.717, 1.165) is 10.0 Å². The van der Waals surface area contributed by atoms with Crippen LogP contribution in [0.2, 0.25) is 0 Å². The summed E-state index contributed by atoms with van der Waals surface area (Å²) in [5.74, 6) is 0.320. The molecule has 0 saturated heterocycles. The fourth-order valence-electron chi connectivity index (χ4n) is 1.86. The Morgan fingerprint density at radius 1 is 1.11 bits per heavy atom. The number of imidazole rings is 1. The first-order chi connectivity index (χ1) is 9.04. The summed E-state index contributed by atoms with van der Waals surface area (Å²) < 4.78 is 14.7. The third kappa shape index (κ3) is 2.26. The lowest BCUT2D eigenvalue weighted by Gasteiger charge is -2.01. The molecule has 0 radical (unpaired) electrons. The number of anilines is 1. The van der Waals surface area contributed by atoms with E-state index in [9.17, 15) is 4.39 Å². The highest BCUT2D eigenvalue weighted by Crippen LogP contribution is 2.30. The van der Waals surface area contributed by atoms with Crippen LogP contribution in [0.3, 0.4) is 0 Å². The molecule has 19 heavy (non-hydrogen) atoms. The van der Waals surface area contributed by atoms with Gasteiger partial charge in [-0.2, -0.15) is 0 Å². The van der Waals surface area contributed by atoms with Crippen molar-refractivity contribution in [3.8, 4) is 11.4 Å². The average Bonchev–Trinajstić information content (AvgIpc) is 2.75. The monoisotopic (exact) mass is 383 g/mol. The van der Waals surface area contributed by atoms with Gasteiger partial charge in [0, 0.05) is 21.8 Å². The molecule has 0 atom stereocenters. The lowest BCUT2D eigenvalue weighted by molar-refractivity contribution is 0.623. The van der Waals surface area contributed by atoms with Crippen molar-refractivity contribution in [3.63, 3.8) is 0 Å². The van der Waals surface area contributed by atoms with Gasteiger partial charge in [0.2, 0.25) is 0 Å². The van der Waals surface area contributed by atoms with Gasteiger partial charge in [-0.1, -0.05) is 15.9 Å². The number of halogens is 3. The Morgan fingerprint density at radius 2 is 1.89 bits per heavy atom. The van der Waals surface area contributed by atoms with E-state index in [-0.39, 0.29) is 5.82 Å². The molecule has 0 spiro atoms. The first-order valence-electron chi connectivity index (χ1n) is 5.45. The summed E-state index contributed by atoms with van der Waals surface area (Å²) in [5.41, 5.74) is 8.60. The zero-order valence-corrected chi connectivity index (χ0v) is 12.7. The SMILES string of the molecule is Nc1ccc(Br)c(-c2nc3cc(Br)c(F)cc3[nH]2)c1. The van der Waals surface area contributed by atoms with Crippen LogP contribution in [-0.4, -0.2) is 9.97 Å². The predicted octanol–water partition coefficient (Wildman–Crippen LogP) is 4.48. The number of fused-ring (bicyclic) bond motifs is 1. The molecule has 0 saturated carbocycles. The maximum absolute atomic E-state index is 13.5. The van der Waals surface area contributed by atoms with Crippen LogP contribution in [0.15, 0.2) is 39.3 Å². The summed E-state index contributed by atoms with van der Waals surface area (Å²) in [7, 11) is 0. The van der Waals surface area contributed by atoms with Crippen LogP contribution in [-0.2, 0) is 0 Å². The Kier molecular flexibility index (Phi) is 3.06. The van der Waals surface area contributed by atoms with Gasteiger partial charge in [0.25, 0.3) is 0 Å². The van der Waals surface area contributed by atoms with E-state index in [0.29, 0.717) is 27.0 Å². The maximum atomic E-state index is 13.5. The van der Waals surface area contributed by atoms with Crippen molar-refractivity contribution in [2.24, 2.45) is 0 Å². The molecule has 3 rings (SSSR count). The lowest BCUT2D eigenvalue weighted by Crippen LogP contribution is -1.88. The van der Waals surface area contributed by atoms with E-state index in [1.54, 1.807) is 12.1 Å².